The molecule has 3 aromatic rings. The van der Waals surface area contributed by atoms with Crippen LogP contribution in [0.15, 0.2) is 52.5 Å². The number of phenolic OH excluding ortho intramolecular Hbond substituents is 1. The van der Waals surface area contributed by atoms with Crippen molar-refractivity contribution in [1.29, 1.82) is 0 Å². The lowest BCUT2D eigenvalue weighted by molar-refractivity contribution is -0.125. The molecule has 0 aromatic heterocycles. The number of alkyl halides is 2. The summed E-state index contributed by atoms with van der Waals surface area (Å²) in [5.41, 5.74) is -2.06. The molecule has 6 atom stereocenters. The van der Waals surface area contributed by atoms with E-state index in [0.717, 1.165) is 11.0 Å². The van der Waals surface area contributed by atoms with E-state index in [0.29, 0.717) is 0 Å². The number of imide groups is 2. The van der Waals surface area contributed by atoms with E-state index in [9.17, 15) is 47.4 Å². The molecule has 4 aliphatic rings. The molecule has 3 aromatic carbocycles. The zero-order valence-corrected chi connectivity index (χ0v) is 29.1. The molecule has 2 aliphatic carbocycles. The van der Waals surface area contributed by atoms with Crippen LogP contribution in [0.4, 0.5) is 33.3 Å². The van der Waals surface area contributed by atoms with Crippen molar-refractivity contribution in [1.82, 2.24) is 0 Å². The number of carboxylic acid groups (broad SMARTS) is 1. The van der Waals surface area contributed by atoms with Crippen molar-refractivity contribution in [3.05, 3.63) is 92.7 Å². The summed E-state index contributed by atoms with van der Waals surface area (Å²) in [7, 11) is 1.19. The standard InChI is InChI=1S/C34H20BrCl2F5N2O8/c1-52-18-9-12(8-17(35)27(18)45)20-14-5-6-15-19(29(47)43(28(15)46)13-4-2-3-11(7-13)30(48)49)16(14)10-33(36)31(50)44(32(51)34(20,33)37)26-24(41)22(39)21(38)23(40)25(26)42/h2-5,7-9,15-16,19-20,45H,6,10H2,1H3,(H,48,49)/t15-,16+,19-,20-,33+,34-/m0/s1. The largest absolute Gasteiger partial charge is 0.503 e. The number of halogens is 8. The van der Waals surface area contributed by atoms with E-state index in [4.69, 9.17) is 27.9 Å². The van der Waals surface area contributed by atoms with Crippen molar-refractivity contribution in [3.8, 4) is 11.5 Å². The van der Waals surface area contributed by atoms with Gasteiger partial charge < -0.3 is 14.9 Å². The van der Waals surface area contributed by atoms with Gasteiger partial charge in [0, 0.05) is 5.92 Å². The Bertz CT molecular complexity index is 2210. The predicted molar refractivity (Wildman–Crippen MR) is 175 cm³/mol. The van der Waals surface area contributed by atoms with Gasteiger partial charge in [-0.2, -0.15) is 0 Å². The van der Waals surface area contributed by atoms with Gasteiger partial charge in [0.1, 0.15) is 5.69 Å². The third-order valence-electron chi connectivity index (χ3n) is 10.2. The smallest absolute Gasteiger partial charge is 0.335 e. The van der Waals surface area contributed by atoms with Crippen LogP contribution in [0.25, 0.3) is 0 Å². The van der Waals surface area contributed by atoms with Gasteiger partial charge in [-0.05, 0) is 70.6 Å². The number of carbonyl (C=O) groups excluding carboxylic acids is 4. The van der Waals surface area contributed by atoms with Crippen LogP contribution >= 0.6 is 39.1 Å². The lowest BCUT2D eigenvalue weighted by atomic mass is 9.56. The van der Waals surface area contributed by atoms with Crippen LogP contribution in [-0.2, 0) is 19.2 Å². The fourth-order valence-electron chi connectivity index (χ4n) is 7.89. The Balaban J connectivity index is 1.44. The van der Waals surface area contributed by atoms with E-state index in [-0.39, 0.29) is 43.9 Å². The van der Waals surface area contributed by atoms with Crippen LogP contribution in [0.5, 0.6) is 11.5 Å². The molecular weight excluding hydrogens is 810 g/mol. The van der Waals surface area contributed by atoms with E-state index in [1.807, 2.05) is 0 Å². The minimum absolute atomic E-state index is 0.000788. The zero-order valence-electron chi connectivity index (χ0n) is 26.0. The number of hydrogen-bond donors (Lipinski definition) is 2. The number of anilines is 2. The van der Waals surface area contributed by atoms with Crippen molar-refractivity contribution in [2.24, 2.45) is 17.8 Å². The summed E-state index contributed by atoms with van der Waals surface area (Å²) < 4.78 is 78.7. The van der Waals surface area contributed by atoms with Gasteiger partial charge in [0.25, 0.3) is 11.8 Å². The van der Waals surface area contributed by atoms with Crippen LogP contribution in [-0.4, -0.2) is 56.7 Å². The summed E-state index contributed by atoms with van der Waals surface area (Å²) >= 11 is 17.4. The Labute approximate surface area is 307 Å². The van der Waals surface area contributed by atoms with Gasteiger partial charge in [0.2, 0.25) is 17.6 Å². The van der Waals surface area contributed by atoms with E-state index >= 15 is 8.78 Å². The molecule has 2 saturated heterocycles. The molecule has 0 bridgehead atoms. The first kappa shape index (κ1) is 35.8. The first-order chi connectivity index (χ1) is 24.4. The molecule has 52 heavy (non-hydrogen) atoms. The second-order valence-corrected chi connectivity index (χ2v) is 14.7. The fourth-order valence-corrected chi connectivity index (χ4v) is 9.28. The number of nitrogens with zero attached hydrogens (tertiary/aromatic N) is 2. The second-order valence-electron chi connectivity index (χ2n) is 12.6. The third kappa shape index (κ3) is 4.55. The Morgan fingerprint density at radius 1 is 0.904 bits per heavy atom. The highest BCUT2D eigenvalue weighted by Gasteiger charge is 2.77. The number of aromatic carboxylic acids is 1. The number of rotatable bonds is 5. The van der Waals surface area contributed by atoms with Crippen molar-refractivity contribution < 1.29 is 60.9 Å². The van der Waals surface area contributed by atoms with Gasteiger partial charge in [-0.25, -0.2) is 31.6 Å². The molecular formula is C34H20BrCl2F5N2O8. The number of carboxylic acids is 1. The Hall–Kier alpha value is -4.54. The van der Waals surface area contributed by atoms with Gasteiger partial charge in [-0.15, -0.1) is 23.2 Å². The highest BCUT2D eigenvalue weighted by atomic mass is 79.9. The molecule has 18 heteroatoms. The summed E-state index contributed by atoms with van der Waals surface area (Å²) in [5, 5.41) is 20.1. The number of allylic oxidation sites excluding steroid dienone is 2. The molecule has 2 N–H and O–H groups in total. The van der Waals surface area contributed by atoms with Crippen LogP contribution in [0.2, 0.25) is 0 Å². The number of ether oxygens (including phenoxy) is 1. The molecule has 270 valence electrons. The number of methoxy groups -OCH3 is 1. The van der Waals surface area contributed by atoms with Gasteiger partial charge in [-0.1, -0.05) is 17.7 Å². The number of benzene rings is 3. The SMILES string of the molecule is COc1cc([C@H]2C3=CC[C@@H]4C(=O)N(c5cccc(C(=O)O)c5)C(=O)[C@@H]4[C@@H]3C[C@@]3(Cl)C(=O)N(c4c(F)c(F)c(F)c(F)c4F)C(=O)[C@@]23Cl)cc(Br)c1O. The maximum Gasteiger partial charge on any atom is 0.335 e. The van der Waals surface area contributed by atoms with Crippen molar-refractivity contribution in [2.45, 2.75) is 28.5 Å². The first-order valence-corrected chi connectivity index (χ1v) is 16.7. The summed E-state index contributed by atoms with van der Waals surface area (Å²) in [6.07, 6.45) is 0.608. The summed E-state index contributed by atoms with van der Waals surface area (Å²) in [6, 6.07) is 7.50. The van der Waals surface area contributed by atoms with Crippen LogP contribution < -0.4 is 14.5 Å². The molecule has 2 heterocycles. The van der Waals surface area contributed by atoms with Crippen LogP contribution in [0.1, 0.15) is 34.7 Å². The normalized spacial score (nSPS) is 28.1. The topological polar surface area (TPSA) is 142 Å². The van der Waals surface area contributed by atoms with Crippen LogP contribution in [0, 0.1) is 46.8 Å². The van der Waals surface area contributed by atoms with Crippen LogP contribution in [0.3, 0.4) is 0 Å². The predicted octanol–water partition coefficient (Wildman–Crippen LogP) is 6.33. The Kier molecular flexibility index (Phi) is 8.27. The lowest BCUT2D eigenvalue weighted by Crippen LogP contribution is -2.60. The van der Waals surface area contributed by atoms with Gasteiger partial charge in [0.05, 0.1) is 34.7 Å². The van der Waals surface area contributed by atoms with Gasteiger partial charge in [0.15, 0.2) is 44.5 Å². The number of aromatic hydroxyl groups is 1. The molecule has 4 amide bonds. The minimum atomic E-state index is -2.79. The average Bonchev–Trinajstić information content (AvgIpc) is 3.45. The number of carbonyl (C=O) groups is 5. The minimum Gasteiger partial charge on any atom is -0.503 e. The van der Waals surface area contributed by atoms with Crippen molar-refractivity contribution in [3.63, 3.8) is 0 Å². The molecule has 3 fully saturated rings. The van der Waals surface area contributed by atoms with Gasteiger partial charge in [-0.3, -0.25) is 24.1 Å². The summed E-state index contributed by atoms with van der Waals surface area (Å²) in [5.74, 6) is -24.6. The van der Waals surface area contributed by atoms with E-state index in [2.05, 4.69) is 15.9 Å². The molecule has 10 nitrogen and oxygen atoms in total. The van der Waals surface area contributed by atoms with E-state index < -0.39 is 110 Å². The van der Waals surface area contributed by atoms with Crippen molar-refractivity contribution in [2.75, 3.05) is 16.9 Å². The highest BCUT2D eigenvalue weighted by molar-refractivity contribution is 9.10. The third-order valence-corrected chi connectivity index (χ3v) is 12.2. The number of phenols is 1. The maximum atomic E-state index is 15.3. The summed E-state index contributed by atoms with van der Waals surface area (Å²) in [4.78, 5) is 63.4. The highest BCUT2D eigenvalue weighted by Crippen LogP contribution is 2.66. The maximum absolute atomic E-state index is 15.3. The molecule has 1 saturated carbocycles. The lowest BCUT2D eigenvalue weighted by Gasteiger charge is -2.50. The molecule has 7 rings (SSSR count). The monoisotopic (exact) mass is 828 g/mol. The fraction of sp³-hybridized carbons (Fsp3) is 0.265. The quantitative estimate of drug-likeness (QED) is 0.0760. The van der Waals surface area contributed by atoms with E-state index in [1.165, 1.54) is 43.5 Å². The first-order valence-electron chi connectivity index (χ1n) is 15.2. The second kappa shape index (κ2) is 12.0. The number of hydrogen-bond acceptors (Lipinski definition) is 7. The number of fused-ring (bicyclic) bond motifs is 4. The Morgan fingerprint density at radius 3 is 2.15 bits per heavy atom. The summed E-state index contributed by atoms with van der Waals surface area (Å²) in [6.45, 7) is 0. The van der Waals surface area contributed by atoms with Gasteiger partial charge >= 0.3 is 5.97 Å². The number of amides is 4. The molecule has 0 unspecified atom stereocenters. The van der Waals surface area contributed by atoms with Crippen molar-refractivity contribution >= 4 is 80.1 Å². The molecule has 2 aliphatic heterocycles. The Morgan fingerprint density at radius 2 is 1.54 bits per heavy atom. The zero-order chi connectivity index (χ0) is 37.9. The van der Waals surface area contributed by atoms with E-state index in [1.54, 1.807) is 0 Å². The molecule has 0 radical (unpaired) electrons. The molecule has 0 spiro atoms. The average molecular weight is 830 g/mol.